The van der Waals surface area contributed by atoms with Gasteiger partial charge in [0, 0.05) is 6.54 Å². The first-order valence-corrected chi connectivity index (χ1v) is 4.89. The Morgan fingerprint density at radius 1 is 1.47 bits per heavy atom. The van der Waals surface area contributed by atoms with E-state index in [2.05, 4.69) is 25.7 Å². The highest BCUT2D eigenvalue weighted by Crippen LogP contribution is 2.31. The monoisotopic (exact) mass is 205 g/mol. The molecule has 1 aliphatic carbocycles. The highest BCUT2D eigenvalue weighted by atomic mass is 15.5. The Balaban J connectivity index is 2.08. The zero-order valence-corrected chi connectivity index (χ0v) is 8.09. The fourth-order valence-electron chi connectivity index (χ4n) is 1.57. The largest absolute Gasteiger partial charge is 0.306 e. The quantitative estimate of drug-likeness (QED) is 0.537. The molecular weight excluding hydrogens is 194 g/mol. The van der Waals surface area contributed by atoms with E-state index in [4.69, 9.17) is 5.84 Å². The van der Waals surface area contributed by atoms with E-state index >= 15 is 0 Å². The van der Waals surface area contributed by atoms with Gasteiger partial charge in [-0.05, 0) is 18.8 Å². The SMILES string of the molecule is NNc1ncnc2c1nnn2CC1CC1. The van der Waals surface area contributed by atoms with Gasteiger partial charge in [-0.2, -0.15) is 0 Å². The maximum atomic E-state index is 5.32. The second-order valence-corrected chi connectivity index (χ2v) is 3.75. The number of hydrogen-bond donors (Lipinski definition) is 2. The molecule has 3 N–H and O–H groups in total. The number of nitrogen functional groups attached to an aromatic ring is 1. The van der Waals surface area contributed by atoms with Crippen LogP contribution in [0.4, 0.5) is 5.82 Å². The number of hydrazine groups is 1. The van der Waals surface area contributed by atoms with Gasteiger partial charge in [0.25, 0.3) is 0 Å². The third kappa shape index (κ3) is 1.40. The molecule has 0 spiro atoms. The van der Waals surface area contributed by atoms with Gasteiger partial charge >= 0.3 is 0 Å². The minimum atomic E-state index is 0.516. The van der Waals surface area contributed by atoms with Crippen LogP contribution < -0.4 is 11.3 Å². The molecule has 0 amide bonds. The lowest BCUT2D eigenvalue weighted by Crippen LogP contribution is -2.09. The summed E-state index contributed by atoms with van der Waals surface area (Å²) in [5, 5.41) is 8.07. The Kier molecular flexibility index (Phi) is 1.78. The van der Waals surface area contributed by atoms with Gasteiger partial charge in [0.05, 0.1) is 0 Å². The van der Waals surface area contributed by atoms with Crippen LogP contribution in [-0.2, 0) is 6.54 Å². The molecule has 7 nitrogen and oxygen atoms in total. The van der Waals surface area contributed by atoms with Gasteiger partial charge in [0.15, 0.2) is 17.0 Å². The molecule has 2 aromatic rings. The summed E-state index contributed by atoms with van der Waals surface area (Å²) in [6.07, 6.45) is 4.01. The molecule has 7 heteroatoms. The maximum absolute atomic E-state index is 5.32. The molecule has 15 heavy (non-hydrogen) atoms. The van der Waals surface area contributed by atoms with E-state index in [9.17, 15) is 0 Å². The van der Waals surface area contributed by atoms with Crippen molar-refractivity contribution in [1.29, 1.82) is 0 Å². The lowest BCUT2D eigenvalue weighted by molar-refractivity contribution is 0.555. The highest BCUT2D eigenvalue weighted by molar-refractivity contribution is 5.81. The topological polar surface area (TPSA) is 94.5 Å². The Labute approximate surface area is 85.7 Å². The lowest BCUT2D eigenvalue weighted by atomic mass is 10.4. The van der Waals surface area contributed by atoms with Gasteiger partial charge in [-0.1, -0.05) is 5.21 Å². The van der Waals surface area contributed by atoms with Crippen LogP contribution in [0.5, 0.6) is 0 Å². The van der Waals surface area contributed by atoms with Crippen molar-refractivity contribution in [2.45, 2.75) is 19.4 Å². The number of anilines is 1. The summed E-state index contributed by atoms with van der Waals surface area (Å²) >= 11 is 0. The van der Waals surface area contributed by atoms with Crippen LogP contribution in [0.25, 0.3) is 11.2 Å². The van der Waals surface area contributed by atoms with Crippen LogP contribution >= 0.6 is 0 Å². The Bertz CT molecular complexity index is 487. The average Bonchev–Trinajstić information content (AvgIpc) is 2.99. The summed E-state index contributed by atoms with van der Waals surface area (Å²) in [5.41, 5.74) is 3.85. The van der Waals surface area contributed by atoms with Crippen LogP contribution in [-0.4, -0.2) is 25.0 Å². The van der Waals surface area contributed by atoms with Crippen LogP contribution in [0, 0.1) is 5.92 Å². The summed E-state index contributed by atoms with van der Waals surface area (Å²) in [6, 6.07) is 0. The molecule has 3 rings (SSSR count). The molecule has 2 heterocycles. The van der Waals surface area contributed by atoms with Crippen molar-refractivity contribution < 1.29 is 0 Å². The zero-order chi connectivity index (χ0) is 10.3. The van der Waals surface area contributed by atoms with Gasteiger partial charge in [0.1, 0.15) is 6.33 Å². The number of rotatable bonds is 3. The molecule has 78 valence electrons. The van der Waals surface area contributed by atoms with Crippen molar-refractivity contribution in [2.75, 3.05) is 5.43 Å². The van der Waals surface area contributed by atoms with Crippen molar-refractivity contribution in [2.24, 2.45) is 11.8 Å². The van der Waals surface area contributed by atoms with E-state index in [1.165, 1.54) is 19.2 Å². The van der Waals surface area contributed by atoms with Crippen molar-refractivity contribution in [3.05, 3.63) is 6.33 Å². The summed E-state index contributed by atoms with van der Waals surface area (Å²) in [5.74, 6) is 6.57. The molecule has 1 saturated carbocycles. The Morgan fingerprint density at radius 3 is 3.07 bits per heavy atom. The fraction of sp³-hybridized carbons (Fsp3) is 0.500. The predicted octanol–water partition coefficient (Wildman–Crippen LogP) is -0.0831. The number of nitrogens with one attached hydrogen (secondary N) is 1. The molecule has 0 bridgehead atoms. The summed E-state index contributed by atoms with van der Waals surface area (Å²) < 4.78 is 1.82. The van der Waals surface area contributed by atoms with Crippen LogP contribution in [0.3, 0.4) is 0 Å². The van der Waals surface area contributed by atoms with E-state index in [-0.39, 0.29) is 0 Å². The van der Waals surface area contributed by atoms with Crippen LogP contribution in [0.1, 0.15) is 12.8 Å². The Morgan fingerprint density at radius 2 is 2.33 bits per heavy atom. The molecule has 2 aromatic heterocycles. The number of nitrogens with two attached hydrogens (primary N) is 1. The fourth-order valence-corrected chi connectivity index (χ4v) is 1.57. The first-order valence-electron chi connectivity index (χ1n) is 4.89. The van der Waals surface area contributed by atoms with E-state index < -0.39 is 0 Å². The third-order valence-corrected chi connectivity index (χ3v) is 2.56. The standard InChI is InChI=1S/C8H11N7/c9-12-7-6-8(11-4-10-7)15(14-13-6)3-5-1-2-5/h4-5H,1-3,9H2,(H,10,11,12). The van der Waals surface area contributed by atoms with E-state index in [0.29, 0.717) is 11.3 Å². The molecule has 0 unspecified atom stereocenters. The summed E-state index contributed by atoms with van der Waals surface area (Å²) in [6.45, 7) is 0.886. The van der Waals surface area contributed by atoms with E-state index in [1.807, 2.05) is 4.68 Å². The van der Waals surface area contributed by atoms with Gasteiger partial charge < -0.3 is 5.43 Å². The lowest BCUT2D eigenvalue weighted by Gasteiger charge is -2.00. The van der Waals surface area contributed by atoms with Crippen molar-refractivity contribution >= 4 is 17.0 Å². The van der Waals surface area contributed by atoms with Crippen molar-refractivity contribution in [3.8, 4) is 0 Å². The molecular formula is C8H11N7. The second kappa shape index (κ2) is 3.13. The normalized spacial score (nSPS) is 15.8. The molecule has 0 atom stereocenters. The molecule has 0 saturated heterocycles. The maximum Gasteiger partial charge on any atom is 0.183 e. The molecule has 0 aliphatic heterocycles. The first kappa shape index (κ1) is 8.54. The number of nitrogens with zero attached hydrogens (tertiary/aromatic N) is 5. The van der Waals surface area contributed by atoms with Crippen LogP contribution in [0.2, 0.25) is 0 Å². The summed E-state index contributed by atoms with van der Waals surface area (Å²) in [7, 11) is 0. The van der Waals surface area contributed by atoms with Crippen LogP contribution in [0.15, 0.2) is 6.33 Å². The minimum absolute atomic E-state index is 0.516. The van der Waals surface area contributed by atoms with Gasteiger partial charge in [-0.25, -0.2) is 20.5 Å². The second-order valence-electron chi connectivity index (χ2n) is 3.75. The van der Waals surface area contributed by atoms with Gasteiger partial charge in [-0.15, -0.1) is 5.10 Å². The first-order chi connectivity index (χ1) is 7.38. The van der Waals surface area contributed by atoms with Gasteiger partial charge in [0.2, 0.25) is 0 Å². The summed E-state index contributed by atoms with van der Waals surface area (Å²) in [4.78, 5) is 8.13. The number of aromatic nitrogens is 5. The number of fused-ring (bicyclic) bond motifs is 1. The Hall–Kier alpha value is -1.76. The molecule has 0 aromatic carbocycles. The van der Waals surface area contributed by atoms with E-state index in [1.54, 1.807) is 0 Å². The third-order valence-electron chi connectivity index (χ3n) is 2.56. The molecule has 1 fully saturated rings. The highest BCUT2D eigenvalue weighted by Gasteiger charge is 2.23. The predicted molar refractivity (Wildman–Crippen MR) is 53.7 cm³/mol. The zero-order valence-electron chi connectivity index (χ0n) is 8.09. The van der Waals surface area contributed by atoms with E-state index in [0.717, 1.165) is 18.1 Å². The molecule has 1 aliphatic rings. The minimum Gasteiger partial charge on any atom is -0.306 e. The van der Waals surface area contributed by atoms with Crippen molar-refractivity contribution in [3.63, 3.8) is 0 Å². The van der Waals surface area contributed by atoms with Gasteiger partial charge in [-0.3, -0.25) is 0 Å². The van der Waals surface area contributed by atoms with Crippen molar-refractivity contribution in [1.82, 2.24) is 25.0 Å². The average molecular weight is 205 g/mol. The smallest absolute Gasteiger partial charge is 0.183 e. The molecule has 0 radical (unpaired) electrons. The number of hydrogen-bond acceptors (Lipinski definition) is 6.